The van der Waals surface area contributed by atoms with Crippen molar-refractivity contribution in [2.24, 2.45) is 11.1 Å². The van der Waals surface area contributed by atoms with Gasteiger partial charge in [-0.05, 0) is 45.4 Å². The van der Waals surface area contributed by atoms with Crippen LogP contribution < -0.4 is 11.1 Å². The molecule has 3 heteroatoms. The van der Waals surface area contributed by atoms with Gasteiger partial charge in [0.2, 0.25) is 5.91 Å². The zero-order valence-corrected chi connectivity index (χ0v) is 12.4. The topological polar surface area (TPSA) is 55.1 Å². The van der Waals surface area contributed by atoms with Gasteiger partial charge >= 0.3 is 0 Å². The summed E-state index contributed by atoms with van der Waals surface area (Å²) in [4.78, 5) is 11.8. The van der Waals surface area contributed by atoms with E-state index in [0.29, 0.717) is 6.42 Å². The highest BCUT2D eigenvalue weighted by atomic mass is 16.1. The van der Waals surface area contributed by atoms with Gasteiger partial charge in [-0.2, -0.15) is 0 Å². The molecule has 1 amide bonds. The lowest BCUT2D eigenvalue weighted by atomic mass is 9.81. The molecule has 3 nitrogen and oxygen atoms in total. The van der Waals surface area contributed by atoms with Crippen molar-refractivity contribution >= 4 is 5.91 Å². The van der Waals surface area contributed by atoms with E-state index in [1.54, 1.807) is 0 Å². The third-order valence-corrected chi connectivity index (χ3v) is 2.51. The Morgan fingerprint density at radius 2 is 1.76 bits per heavy atom. The van der Waals surface area contributed by atoms with Crippen LogP contribution in [-0.4, -0.2) is 17.5 Å². The maximum atomic E-state index is 11.8. The van der Waals surface area contributed by atoms with E-state index < -0.39 is 0 Å². The molecular formula is C14H30N2O. The second-order valence-electron chi connectivity index (χ2n) is 7.04. The smallest absolute Gasteiger partial charge is 0.220 e. The summed E-state index contributed by atoms with van der Waals surface area (Å²) in [5.41, 5.74) is 5.75. The minimum absolute atomic E-state index is 0.135. The molecular weight excluding hydrogens is 212 g/mol. The van der Waals surface area contributed by atoms with Crippen molar-refractivity contribution in [3.63, 3.8) is 0 Å². The lowest BCUT2D eigenvalue weighted by molar-refractivity contribution is -0.123. The van der Waals surface area contributed by atoms with Crippen molar-refractivity contribution in [2.75, 3.05) is 0 Å². The average Bonchev–Trinajstić information content (AvgIpc) is 1.95. The summed E-state index contributed by atoms with van der Waals surface area (Å²) in [5.74, 6) is 0.139. The Morgan fingerprint density at radius 1 is 1.24 bits per heavy atom. The highest BCUT2D eigenvalue weighted by molar-refractivity contribution is 5.76. The summed E-state index contributed by atoms with van der Waals surface area (Å²) in [6.07, 6.45) is 3.33. The van der Waals surface area contributed by atoms with E-state index in [9.17, 15) is 4.79 Å². The Bertz CT molecular complexity index is 239. The second-order valence-corrected chi connectivity index (χ2v) is 7.04. The molecule has 0 aliphatic carbocycles. The van der Waals surface area contributed by atoms with Crippen LogP contribution in [0.4, 0.5) is 0 Å². The van der Waals surface area contributed by atoms with E-state index in [1.807, 2.05) is 6.92 Å². The molecule has 3 N–H and O–H groups in total. The molecule has 0 spiro atoms. The highest BCUT2D eigenvalue weighted by Gasteiger charge is 2.26. The predicted octanol–water partition coefficient (Wildman–Crippen LogP) is 2.83. The lowest BCUT2D eigenvalue weighted by Crippen LogP contribution is -2.45. The summed E-state index contributed by atoms with van der Waals surface area (Å²) in [6, 6.07) is 0.186. The van der Waals surface area contributed by atoms with Gasteiger partial charge in [0.15, 0.2) is 0 Å². The molecule has 0 aromatic carbocycles. The van der Waals surface area contributed by atoms with Crippen molar-refractivity contribution < 1.29 is 4.79 Å². The molecule has 17 heavy (non-hydrogen) atoms. The predicted molar refractivity (Wildman–Crippen MR) is 73.8 cm³/mol. The number of nitrogens with one attached hydrogen (secondary N) is 1. The van der Waals surface area contributed by atoms with Gasteiger partial charge in [0.05, 0.1) is 0 Å². The van der Waals surface area contributed by atoms with Crippen LogP contribution in [-0.2, 0) is 4.79 Å². The Labute approximate surface area is 107 Å². The van der Waals surface area contributed by atoms with Crippen molar-refractivity contribution in [1.82, 2.24) is 5.32 Å². The lowest BCUT2D eigenvalue weighted by Gasteiger charge is -2.33. The van der Waals surface area contributed by atoms with Gasteiger partial charge < -0.3 is 11.1 Å². The molecule has 102 valence electrons. The van der Waals surface area contributed by atoms with Crippen molar-refractivity contribution in [3.05, 3.63) is 0 Å². The Balaban J connectivity index is 4.01. The van der Waals surface area contributed by atoms with E-state index >= 15 is 0 Å². The fraction of sp³-hybridized carbons (Fsp3) is 0.929. The summed E-state index contributed by atoms with van der Waals surface area (Å²) >= 11 is 0. The molecule has 0 bridgehead atoms. The van der Waals surface area contributed by atoms with Crippen LogP contribution in [0.5, 0.6) is 0 Å². The SMILES string of the molecule is CC(N)CCCC(=O)NC(C)(C)CC(C)(C)C. The number of hydrogen-bond donors (Lipinski definition) is 2. The summed E-state index contributed by atoms with van der Waals surface area (Å²) in [6.45, 7) is 12.7. The fourth-order valence-corrected chi connectivity index (χ4v) is 2.39. The number of amides is 1. The first-order valence-corrected chi connectivity index (χ1v) is 6.58. The summed E-state index contributed by atoms with van der Waals surface area (Å²) in [7, 11) is 0. The first-order valence-electron chi connectivity index (χ1n) is 6.58. The zero-order valence-electron chi connectivity index (χ0n) is 12.4. The maximum absolute atomic E-state index is 11.8. The van der Waals surface area contributed by atoms with Gasteiger partial charge in [0, 0.05) is 18.0 Å². The number of nitrogens with two attached hydrogens (primary N) is 1. The van der Waals surface area contributed by atoms with Gasteiger partial charge in [-0.1, -0.05) is 20.8 Å². The van der Waals surface area contributed by atoms with Crippen LogP contribution in [0.25, 0.3) is 0 Å². The van der Waals surface area contributed by atoms with Crippen molar-refractivity contribution in [1.29, 1.82) is 0 Å². The molecule has 0 heterocycles. The quantitative estimate of drug-likeness (QED) is 0.752. The van der Waals surface area contributed by atoms with Gasteiger partial charge in [-0.25, -0.2) is 0 Å². The third-order valence-electron chi connectivity index (χ3n) is 2.51. The molecule has 1 unspecified atom stereocenters. The standard InChI is InChI=1S/C14H30N2O/c1-11(15)8-7-9-12(17)16-14(5,6)10-13(2,3)4/h11H,7-10,15H2,1-6H3,(H,16,17). The first kappa shape index (κ1) is 16.4. The van der Waals surface area contributed by atoms with E-state index in [0.717, 1.165) is 19.3 Å². The van der Waals surface area contributed by atoms with Crippen LogP contribution in [0, 0.1) is 5.41 Å². The van der Waals surface area contributed by atoms with E-state index in [-0.39, 0.29) is 22.9 Å². The van der Waals surface area contributed by atoms with Crippen LogP contribution in [0.3, 0.4) is 0 Å². The molecule has 0 aromatic rings. The van der Waals surface area contributed by atoms with Gasteiger partial charge in [-0.3, -0.25) is 4.79 Å². The van der Waals surface area contributed by atoms with E-state index in [1.165, 1.54) is 0 Å². The largest absolute Gasteiger partial charge is 0.351 e. The maximum Gasteiger partial charge on any atom is 0.220 e. The summed E-state index contributed by atoms with van der Waals surface area (Å²) in [5, 5.41) is 3.11. The molecule has 0 saturated carbocycles. The van der Waals surface area contributed by atoms with Crippen LogP contribution in [0.15, 0.2) is 0 Å². The Morgan fingerprint density at radius 3 is 2.18 bits per heavy atom. The molecule has 0 aliphatic heterocycles. The Kier molecular flexibility index (Phi) is 6.17. The van der Waals surface area contributed by atoms with Crippen LogP contribution in [0.2, 0.25) is 0 Å². The van der Waals surface area contributed by atoms with Crippen LogP contribution in [0.1, 0.15) is 67.2 Å². The molecule has 0 rings (SSSR count). The molecule has 0 radical (unpaired) electrons. The number of carbonyl (C=O) groups excluding carboxylic acids is 1. The fourth-order valence-electron chi connectivity index (χ4n) is 2.39. The van der Waals surface area contributed by atoms with Crippen molar-refractivity contribution in [2.45, 2.75) is 78.8 Å². The average molecular weight is 242 g/mol. The molecule has 0 aliphatic rings. The minimum Gasteiger partial charge on any atom is -0.351 e. The molecule has 1 atom stereocenters. The third kappa shape index (κ3) is 10.3. The molecule has 0 fully saturated rings. The number of rotatable bonds is 6. The van der Waals surface area contributed by atoms with E-state index in [2.05, 4.69) is 39.9 Å². The number of hydrogen-bond acceptors (Lipinski definition) is 2. The molecule has 0 saturated heterocycles. The number of carbonyl (C=O) groups is 1. The Hall–Kier alpha value is -0.570. The van der Waals surface area contributed by atoms with Crippen molar-refractivity contribution in [3.8, 4) is 0 Å². The summed E-state index contributed by atoms with van der Waals surface area (Å²) < 4.78 is 0. The van der Waals surface area contributed by atoms with E-state index in [4.69, 9.17) is 5.73 Å². The highest BCUT2D eigenvalue weighted by Crippen LogP contribution is 2.26. The normalized spacial score (nSPS) is 14.5. The van der Waals surface area contributed by atoms with Gasteiger partial charge in [0.1, 0.15) is 0 Å². The monoisotopic (exact) mass is 242 g/mol. The van der Waals surface area contributed by atoms with Gasteiger partial charge in [0.25, 0.3) is 0 Å². The second kappa shape index (κ2) is 6.39. The van der Waals surface area contributed by atoms with Crippen LogP contribution >= 0.6 is 0 Å². The van der Waals surface area contributed by atoms with Gasteiger partial charge in [-0.15, -0.1) is 0 Å². The first-order chi connectivity index (χ1) is 7.52. The zero-order chi connectivity index (χ0) is 13.7. The minimum atomic E-state index is -0.135. The molecule has 0 aromatic heterocycles.